The molecule has 0 spiro atoms. The molecule has 0 heterocycles. The fourth-order valence-electron chi connectivity index (χ4n) is 2.62. The molecule has 2 rings (SSSR count). The lowest BCUT2D eigenvalue weighted by Crippen LogP contribution is -2.38. The average molecular weight is 297 g/mol. The third-order valence-corrected chi connectivity index (χ3v) is 5.36. The van der Waals surface area contributed by atoms with E-state index in [-0.39, 0.29) is 16.2 Å². The minimum Gasteiger partial charge on any atom is -0.497 e. The Labute approximate surface area is 123 Å². The van der Waals surface area contributed by atoms with E-state index in [0.717, 1.165) is 12.8 Å². The van der Waals surface area contributed by atoms with Gasteiger partial charge in [-0.3, -0.25) is 4.79 Å². The number of carbonyl (C=O) groups excluding carboxylic acids is 1. The maximum atomic E-state index is 13.8. The molecule has 0 unspecified atom stereocenters. The smallest absolute Gasteiger partial charge is 0.254 e. The zero-order valence-corrected chi connectivity index (χ0v) is 12.7. The van der Waals surface area contributed by atoms with Gasteiger partial charge in [0.05, 0.1) is 12.7 Å². The molecule has 0 atom stereocenters. The lowest BCUT2D eigenvalue weighted by molar-refractivity contribution is 0.0945. The van der Waals surface area contributed by atoms with Gasteiger partial charge in [-0.2, -0.15) is 11.8 Å². The normalized spacial score (nSPS) is 16.9. The number of methoxy groups -OCH3 is 1. The Morgan fingerprint density at radius 3 is 2.70 bits per heavy atom. The Bertz CT molecular complexity index is 487. The summed E-state index contributed by atoms with van der Waals surface area (Å²) in [6.45, 7) is 0.596. The lowest BCUT2D eigenvalue weighted by Gasteiger charge is -2.26. The first-order chi connectivity index (χ1) is 9.60. The zero-order chi connectivity index (χ0) is 14.6. The van der Waals surface area contributed by atoms with E-state index in [1.165, 1.54) is 32.1 Å². The molecule has 1 aromatic rings. The highest BCUT2D eigenvalue weighted by molar-refractivity contribution is 8.00. The molecule has 1 aliphatic carbocycles. The fourth-order valence-corrected chi connectivity index (χ4v) is 3.53. The van der Waals surface area contributed by atoms with Crippen LogP contribution in [0.5, 0.6) is 5.75 Å². The zero-order valence-electron chi connectivity index (χ0n) is 11.9. The Kier molecular flexibility index (Phi) is 4.91. The van der Waals surface area contributed by atoms with Crippen LogP contribution in [0.25, 0.3) is 0 Å². The van der Waals surface area contributed by atoms with E-state index in [2.05, 4.69) is 11.6 Å². The second-order valence-corrected chi connectivity index (χ2v) is 6.40. The van der Waals surface area contributed by atoms with Crippen molar-refractivity contribution in [2.45, 2.75) is 30.4 Å². The van der Waals surface area contributed by atoms with Crippen molar-refractivity contribution in [2.75, 3.05) is 19.9 Å². The van der Waals surface area contributed by atoms with E-state index in [0.29, 0.717) is 12.3 Å². The topological polar surface area (TPSA) is 38.3 Å². The van der Waals surface area contributed by atoms with Gasteiger partial charge >= 0.3 is 0 Å². The van der Waals surface area contributed by atoms with Crippen molar-refractivity contribution < 1.29 is 13.9 Å². The molecule has 1 amide bonds. The largest absolute Gasteiger partial charge is 0.497 e. The number of carbonyl (C=O) groups is 1. The summed E-state index contributed by atoms with van der Waals surface area (Å²) in [7, 11) is 1.47. The third-order valence-electron chi connectivity index (χ3n) is 3.94. The summed E-state index contributed by atoms with van der Waals surface area (Å²) in [6, 6.07) is 4.29. The van der Waals surface area contributed by atoms with Crippen LogP contribution in [0.2, 0.25) is 0 Å². The molecule has 1 N–H and O–H groups in total. The van der Waals surface area contributed by atoms with Crippen molar-refractivity contribution in [2.24, 2.45) is 0 Å². The second-order valence-electron chi connectivity index (χ2n) is 5.12. The van der Waals surface area contributed by atoms with Crippen LogP contribution in [0.3, 0.4) is 0 Å². The maximum Gasteiger partial charge on any atom is 0.254 e. The number of hydrogen-bond acceptors (Lipinski definition) is 3. The number of benzene rings is 1. The van der Waals surface area contributed by atoms with Crippen LogP contribution in [-0.2, 0) is 0 Å². The van der Waals surface area contributed by atoms with Crippen molar-refractivity contribution in [3.63, 3.8) is 0 Å². The number of nitrogens with one attached hydrogen (secondary N) is 1. The minimum absolute atomic E-state index is 0.0695. The number of amides is 1. The highest BCUT2D eigenvalue weighted by atomic mass is 32.2. The molecule has 1 fully saturated rings. The number of thioether (sulfide) groups is 1. The van der Waals surface area contributed by atoms with E-state index in [4.69, 9.17) is 4.74 Å². The Balaban J connectivity index is 2.01. The Hall–Kier alpha value is -1.23. The molecule has 0 bridgehead atoms. The third kappa shape index (κ3) is 3.26. The minimum atomic E-state index is -0.550. The highest BCUT2D eigenvalue weighted by Gasteiger charge is 2.33. The van der Waals surface area contributed by atoms with Crippen LogP contribution in [0, 0.1) is 5.82 Å². The number of halogens is 1. The summed E-state index contributed by atoms with van der Waals surface area (Å²) < 4.78 is 18.9. The Morgan fingerprint density at radius 1 is 1.45 bits per heavy atom. The quantitative estimate of drug-likeness (QED) is 0.906. The first-order valence-corrected chi connectivity index (χ1v) is 7.99. The van der Waals surface area contributed by atoms with E-state index in [1.807, 2.05) is 0 Å². The summed E-state index contributed by atoms with van der Waals surface area (Å²) in [5, 5.41) is 2.87. The standard InChI is InChI=1S/C15H20FNO2S/c1-19-11-5-6-12(13(16)9-11)14(18)17-10-15(20-2)7-3-4-8-15/h5-6,9H,3-4,7-8,10H2,1-2H3,(H,17,18). The van der Waals surface area contributed by atoms with Gasteiger partial charge in [0, 0.05) is 17.4 Å². The molecule has 20 heavy (non-hydrogen) atoms. The molecule has 110 valence electrons. The first-order valence-electron chi connectivity index (χ1n) is 6.77. The van der Waals surface area contributed by atoms with Crippen molar-refractivity contribution in [1.82, 2.24) is 5.32 Å². The van der Waals surface area contributed by atoms with Gasteiger partial charge in [-0.25, -0.2) is 4.39 Å². The monoisotopic (exact) mass is 297 g/mol. The van der Waals surface area contributed by atoms with Crippen molar-refractivity contribution in [1.29, 1.82) is 0 Å². The van der Waals surface area contributed by atoms with Gasteiger partial charge in [0.1, 0.15) is 11.6 Å². The van der Waals surface area contributed by atoms with Crippen molar-refractivity contribution in [3.8, 4) is 5.75 Å². The fraction of sp³-hybridized carbons (Fsp3) is 0.533. The molecule has 3 nitrogen and oxygen atoms in total. The molecule has 0 radical (unpaired) electrons. The molecule has 1 aliphatic rings. The van der Waals surface area contributed by atoms with Crippen LogP contribution in [0.4, 0.5) is 4.39 Å². The van der Waals surface area contributed by atoms with Gasteiger partial charge in [-0.05, 0) is 31.2 Å². The van der Waals surface area contributed by atoms with Gasteiger partial charge in [0.2, 0.25) is 0 Å². The first kappa shape index (κ1) is 15.2. The molecule has 0 aliphatic heterocycles. The Morgan fingerprint density at radius 2 is 2.15 bits per heavy atom. The number of hydrogen-bond donors (Lipinski definition) is 1. The van der Waals surface area contributed by atoms with Gasteiger partial charge in [0.25, 0.3) is 5.91 Å². The summed E-state index contributed by atoms with van der Waals surface area (Å²) in [5.41, 5.74) is 0.0695. The van der Waals surface area contributed by atoms with Gasteiger partial charge in [-0.15, -0.1) is 0 Å². The number of rotatable bonds is 5. The second kappa shape index (κ2) is 6.48. The molecule has 0 saturated heterocycles. The summed E-state index contributed by atoms with van der Waals surface area (Å²) in [6.07, 6.45) is 6.70. The summed E-state index contributed by atoms with van der Waals surface area (Å²) >= 11 is 1.80. The van der Waals surface area contributed by atoms with Crippen LogP contribution in [-0.4, -0.2) is 30.6 Å². The molecule has 1 saturated carbocycles. The predicted molar refractivity (Wildman–Crippen MR) is 80.0 cm³/mol. The highest BCUT2D eigenvalue weighted by Crippen LogP contribution is 2.39. The lowest BCUT2D eigenvalue weighted by atomic mass is 10.1. The van der Waals surface area contributed by atoms with E-state index >= 15 is 0 Å². The van der Waals surface area contributed by atoms with E-state index < -0.39 is 5.82 Å². The van der Waals surface area contributed by atoms with Crippen LogP contribution in [0.1, 0.15) is 36.0 Å². The van der Waals surface area contributed by atoms with Crippen LogP contribution < -0.4 is 10.1 Å². The summed E-state index contributed by atoms with van der Waals surface area (Å²) in [5.74, 6) is -0.493. The molecule has 1 aromatic carbocycles. The molecular weight excluding hydrogens is 277 g/mol. The van der Waals surface area contributed by atoms with Gasteiger partial charge in [0.15, 0.2) is 0 Å². The molecule has 0 aromatic heterocycles. The van der Waals surface area contributed by atoms with E-state index in [1.54, 1.807) is 17.8 Å². The van der Waals surface area contributed by atoms with Gasteiger partial charge in [-0.1, -0.05) is 12.8 Å². The summed E-state index contributed by atoms with van der Waals surface area (Å²) in [4.78, 5) is 12.1. The van der Waals surface area contributed by atoms with Crippen molar-refractivity contribution in [3.05, 3.63) is 29.6 Å². The molecule has 5 heteroatoms. The van der Waals surface area contributed by atoms with E-state index in [9.17, 15) is 9.18 Å². The SMILES string of the molecule is COc1ccc(C(=O)NCC2(SC)CCCC2)c(F)c1. The maximum absolute atomic E-state index is 13.8. The predicted octanol–water partition coefficient (Wildman–Crippen LogP) is 3.24. The van der Waals surface area contributed by atoms with Crippen molar-refractivity contribution >= 4 is 17.7 Å². The number of ether oxygens (including phenoxy) is 1. The van der Waals surface area contributed by atoms with Crippen LogP contribution in [0.15, 0.2) is 18.2 Å². The van der Waals surface area contributed by atoms with Crippen LogP contribution >= 0.6 is 11.8 Å². The average Bonchev–Trinajstić information content (AvgIpc) is 2.94. The van der Waals surface area contributed by atoms with Gasteiger partial charge < -0.3 is 10.1 Å². The molecular formula is C15H20FNO2S.